The van der Waals surface area contributed by atoms with Crippen LogP contribution in [0.2, 0.25) is 0 Å². The number of hydrogen-bond donors (Lipinski definition) is 0. The van der Waals surface area contributed by atoms with Gasteiger partial charge >= 0.3 is 5.97 Å². The molecule has 2 aromatic carbocycles. The summed E-state index contributed by atoms with van der Waals surface area (Å²) in [6.45, 7) is 1.95. The van der Waals surface area contributed by atoms with Gasteiger partial charge in [-0.1, -0.05) is 6.07 Å². The first-order chi connectivity index (χ1) is 9.47. The predicted molar refractivity (Wildman–Crippen MR) is 82.0 cm³/mol. The van der Waals surface area contributed by atoms with Crippen molar-refractivity contribution in [3.05, 3.63) is 67.3 Å². The van der Waals surface area contributed by atoms with E-state index in [9.17, 15) is 14.9 Å². The topological polar surface area (TPSA) is 69.4 Å². The standard InChI is InChI=1S/C14H10INO4/c1-9-2-3-10(8-13(9)15)14(17)20-12-6-4-11(5-7-12)16(18)19/h2-8H,1H3. The minimum Gasteiger partial charge on any atom is -0.423 e. The number of rotatable bonds is 3. The highest BCUT2D eigenvalue weighted by atomic mass is 127. The van der Waals surface area contributed by atoms with Gasteiger partial charge in [0.05, 0.1) is 10.5 Å². The Labute approximate surface area is 128 Å². The quantitative estimate of drug-likeness (QED) is 0.266. The van der Waals surface area contributed by atoms with Gasteiger partial charge in [-0.3, -0.25) is 10.1 Å². The minimum absolute atomic E-state index is 0.0466. The molecule has 0 atom stereocenters. The number of ether oxygens (including phenoxy) is 1. The maximum absolute atomic E-state index is 11.9. The van der Waals surface area contributed by atoms with Gasteiger partial charge in [-0.2, -0.15) is 0 Å². The van der Waals surface area contributed by atoms with Gasteiger partial charge in [0.15, 0.2) is 0 Å². The third-order valence-electron chi connectivity index (χ3n) is 2.67. The first-order valence-electron chi connectivity index (χ1n) is 5.70. The molecule has 0 amide bonds. The first-order valence-corrected chi connectivity index (χ1v) is 6.78. The van der Waals surface area contributed by atoms with Crippen LogP contribution in [0.4, 0.5) is 5.69 Å². The van der Waals surface area contributed by atoms with Crippen LogP contribution >= 0.6 is 22.6 Å². The van der Waals surface area contributed by atoms with Gasteiger partial charge in [-0.05, 0) is 59.3 Å². The lowest BCUT2D eigenvalue weighted by Crippen LogP contribution is -2.08. The van der Waals surface area contributed by atoms with Crippen LogP contribution in [0.5, 0.6) is 5.75 Å². The molecule has 2 rings (SSSR count). The van der Waals surface area contributed by atoms with Crippen molar-refractivity contribution >= 4 is 34.2 Å². The second-order valence-corrected chi connectivity index (χ2v) is 5.27. The van der Waals surface area contributed by atoms with Crippen molar-refractivity contribution in [3.8, 4) is 5.75 Å². The highest BCUT2D eigenvalue weighted by molar-refractivity contribution is 14.1. The number of nitro groups is 1. The molecule has 0 fully saturated rings. The van der Waals surface area contributed by atoms with Crippen LogP contribution in [0.1, 0.15) is 15.9 Å². The van der Waals surface area contributed by atoms with E-state index in [1.807, 2.05) is 13.0 Å². The van der Waals surface area contributed by atoms with Gasteiger partial charge in [0, 0.05) is 15.7 Å². The van der Waals surface area contributed by atoms with Crippen LogP contribution in [0.25, 0.3) is 0 Å². The normalized spacial score (nSPS) is 10.1. The second-order valence-electron chi connectivity index (χ2n) is 4.10. The Kier molecular flexibility index (Phi) is 4.33. The van der Waals surface area contributed by atoms with Crippen molar-refractivity contribution in [2.24, 2.45) is 0 Å². The molecule has 0 heterocycles. The van der Waals surface area contributed by atoms with Crippen LogP contribution in [0.3, 0.4) is 0 Å². The first kappa shape index (κ1) is 14.4. The molecule has 0 aliphatic rings. The predicted octanol–water partition coefficient (Wildman–Crippen LogP) is 3.73. The number of carbonyl (C=O) groups is 1. The number of aryl methyl sites for hydroxylation is 1. The summed E-state index contributed by atoms with van der Waals surface area (Å²) >= 11 is 2.14. The van der Waals surface area contributed by atoms with Crippen molar-refractivity contribution in [2.75, 3.05) is 0 Å². The van der Waals surface area contributed by atoms with Crippen LogP contribution in [0.15, 0.2) is 42.5 Å². The number of benzene rings is 2. The zero-order valence-corrected chi connectivity index (χ0v) is 12.7. The summed E-state index contributed by atoms with van der Waals surface area (Å²) in [5.74, 6) is -0.215. The van der Waals surface area contributed by atoms with Crippen molar-refractivity contribution in [1.29, 1.82) is 0 Å². The van der Waals surface area contributed by atoms with Crippen LogP contribution in [-0.2, 0) is 0 Å². The smallest absolute Gasteiger partial charge is 0.343 e. The maximum Gasteiger partial charge on any atom is 0.343 e. The summed E-state index contributed by atoms with van der Waals surface area (Å²) in [6, 6.07) is 10.6. The van der Waals surface area contributed by atoms with E-state index in [1.54, 1.807) is 12.1 Å². The fraction of sp³-hybridized carbons (Fsp3) is 0.0714. The van der Waals surface area contributed by atoms with Gasteiger partial charge in [-0.25, -0.2) is 4.79 Å². The number of esters is 1. The third-order valence-corrected chi connectivity index (χ3v) is 3.83. The molecular weight excluding hydrogens is 373 g/mol. The van der Waals surface area contributed by atoms with Gasteiger partial charge in [0.2, 0.25) is 0 Å². The Morgan fingerprint density at radius 1 is 1.20 bits per heavy atom. The molecule has 2 aromatic rings. The fourth-order valence-corrected chi connectivity index (χ4v) is 2.04. The lowest BCUT2D eigenvalue weighted by Gasteiger charge is -2.05. The largest absolute Gasteiger partial charge is 0.423 e. The Balaban J connectivity index is 2.14. The minimum atomic E-state index is -0.506. The zero-order chi connectivity index (χ0) is 14.7. The highest BCUT2D eigenvalue weighted by Crippen LogP contribution is 2.19. The molecule has 0 aliphatic heterocycles. The molecule has 0 aliphatic carbocycles. The van der Waals surface area contributed by atoms with Crippen molar-refractivity contribution in [3.63, 3.8) is 0 Å². The van der Waals surface area contributed by atoms with Crippen LogP contribution in [0, 0.1) is 20.6 Å². The highest BCUT2D eigenvalue weighted by Gasteiger charge is 2.11. The molecule has 0 unspecified atom stereocenters. The molecule has 0 radical (unpaired) electrons. The van der Waals surface area contributed by atoms with Crippen molar-refractivity contribution < 1.29 is 14.5 Å². The summed E-state index contributed by atoms with van der Waals surface area (Å²) in [7, 11) is 0. The van der Waals surface area contributed by atoms with Gasteiger partial charge in [0.25, 0.3) is 5.69 Å². The molecule has 20 heavy (non-hydrogen) atoms. The molecule has 102 valence electrons. The summed E-state index contributed by atoms with van der Waals surface area (Å²) < 4.78 is 6.14. The van der Waals surface area contributed by atoms with E-state index in [1.165, 1.54) is 24.3 Å². The molecule has 0 bridgehead atoms. The van der Waals surface area contributed by atoms with E-state index in [4.69, 9.17) is 4.74 Å². The lowest BCUT2D eigenvalue weighted by molar-refractivity contribution is -0.384. The number of carbonyl (C=O) groups excluding carboxylic acids is 1. The zero-order valence-electron chi connectivity index (χ0n) is 10.5. The number of non-ortho nitro benzene ring substituents is 1. The molecule has 6 heteroatoms. The van der Waals surface area contributed by atoms with Gasteiger partial charge in [-0.15, -0.1) is 0 Å². The van der Waals surface area contributed by atoms with Crippen LogP contribution in [-0.4, -0.2) is 10.9 Å². The molecule has 0 N–H and O–H groups in total. The average Bonchev–Trinajstić information content (AvgIpc) is 2.42. The summed E-state index contributed by atoms with van der Waals surface area (Å²) in [6.07, 6.45) is 0. The monoisotopic (exact) mass is 383 g/mol. The Hall–Kier alpha value is -1.96. The molecule has 0 saturated carbocycles. The lowest BCUT2D eigenvalue weighted by atomic mass is 10.1. The molecule has 0 aromatic heterocycles. The molecule has 0 spiro atoms. The summed E-state index contributed by atoms with van der Waals surface area (Å²) in [4.78, 5) is 22.0. The fourth-order valence-electron chi connectivity index (χ4n) is 1.52. The third kappa shape index (κ3) is 3.32. The van der Waals surface area contributed by atoms with Gasteiger partial charge < -0.3 is 4.74 Å². The Morgan fingerprint density at radius 2 is 1.85 bits per heavy atom. The van der Waals surface area contributed by atoms with Gasteiger partial charge in [0.1, 0.15) is 5.75 Å². The summed E-state index contributed by atoms with van der Waals surface area (Å²) in [5, 5.41) is 10.5. The second kappa shape index (κ2) is 6.00. The maximum atomic E-state index is 11.9. The van der Waals surface area contributed by atoms with Crippen molar-refractivity contribution in [1.82, 2.24) is 0 Å². The summed E-state index contributed by atoms with van der Waals surface area (Å²) in [5.41, 5.74) is 1.48. The SMILES string of the molecule is Cc1ccc(C(=O)Oc2ccc([N+](=O)[O-])cc2)cc1I. The Morgan fingerprint density at radius 3 is 2.40 bits per heavy atom. The molecular formula is C14H10INO4. The Bertz CT molecular complexity index is 667. The van der Waals surface area contributed by atoms with Crippen molar-refractivity contribution in [2.45, 2.75) is 6.92 Å². The molecule has 0 saturated heterocycles. The van der Waals surface area contributed by atoms with Crippen LogP contribution < -0.4 is 4.74 Å². The van der Waals surface area contributed by atoms with E-state index >= 15 is 0 Å². The van der Waals surface area contributed by atoms with E-state index in [0.29, 0.717) is 5.56 Å². The van der Waals surface area contributed by atoms with E-state index < -0.39 is 10.9 Å². The number of halogens is 1. The number of nitro benzene ring substituents is 1. The molecule has 5 nitrogen and oxygen atoms in total. The number of nitrogens with zero attached hydrogens (tertiary/aromatic N) is 1. The van der Waals surface area contributed by atoms with E-state index in [0.717, 1.165) is 9.13 Å². The average molecular weight is 383 g/mol. The van der Waals surface area contributed by atoms with E-state index in [2.05, 4.69) is 22.6 Å². The number of hydrogen-bond acceptors (Lipinski definition) is 4. The van der Waals surface area contributed by atoms with E-state index in [-0.39, 0.29) is 11.4 Å².